The van der Waals surface area contributed by atoms with Crippen LogP contribution in [-0.4, -0.2) is 30.3 Å². The normalized spacial score (nSPS) is 10.4. The number of hydrogen-bond donors (Lipinski definition) is 1. The highest BCUT2D eigenvalue weighted by Gasteiger charge is 2.10. The molecule has 0 aromatic heterocycles. The Hall–Kier alpha value is -1.81. The molecule has 96 valence electrons. The molecular formula is C13H15ClN2O2. The minimum absolute atomic E-state index is 0.00575. The van der Waals surface area contributed by atoms with Crippen molar-refractivity contribution in [1.82, 2.24) is 4.90 Å². The molecule has 0 spiro atoms. The van der Waals surface area contributed by atoms with E-state index in [0.29, 0.717) is 10.7 Å². The molecule has 1 aromatic rings. The molecular weight excluding hydrogens is 252 g/mol. The third-order valence-electron chi connectivity index (χ3n) is 2.19. The van der Waals surface area contributed by atoms with Gasteiger partial charge in [0.05, 0.1) is 6.54 Å². The van der Waals surface area contributed by atoms with Crippen LogP contribution in [0.3, 0.4) is 0 Å². The molecule has 0 heterocycles. The monoisotopic (exact) mass is 266 g/mol. The lowest BCUT2D eigenvalue weighted by Crippen LogP contribution is -2.33. The molecule has 1 N–H and O–H groups in total. The van der Waals surface area contributed by atoms with Gasteiger partial charge in [-0.25, -0.2) is 0 Å². The van der Waals surface area contributed by atoms with Gasteiger partial charge in [0.15, 0.2) is 0 Å². The van der Waals surface area contributed by atoms with E-state index in [-0.39, 0.29) is 18.4 Å². The molecule has 0 unspecified atom stereocenters. The summed E-state index contributed by atoms with van der Waals surface area (Å²) < 4.78 is 0. The number of halogens is 1. The zero-order valence-electron chi connectivity index (χ0n) is 10.3. The summed E-state index contributed by atoms with van der Waals surface area (Å²) in [4.78, 5) is 24.4. The summed E-state index contributed by atoms with van der Waals surface area (Å²) in [5, 5.41) is 3.29. The summed E-state index contributed by atoms with van der Waals surface area (Å²) in [7, 11) is 1.57. The van der Waals surface area contributed by atoms with Gasteiger partial charge < -0.3 is 10.2 Å². The fraction of sp³-hybridized carbons (Fsp3) is 0.231. The maximum Gasteiger partial charge on any atom is 0.246 e. The van der Waals surface area contributed by atoms with Gasteiger partial charge in [-0.05, 0) is 37.3 Å². The van der Waals surface area contributed by atoms with Gasteiger partial charge in [0, 0.05) is 17.8 Å². The van der Waals surface area contributed by atoms with Crippen molar-refractivity contribution in [2.45, 2.75) is 6.92 Å². The Morgan fingerprint density at radius 3 is 2.50 bits per heavy atom. The second kappa shape index (κ2) is 6.81. The fourth-order valence-electron chi connectivity index (χ4n) is 1.30. The molecule has 0 aliphatic heterocycles. The molecule has 0 radical (unpaired) electrons. The molecule has 4 nitrogen and oxygen atoms in total. The number of nitrogens with one attached hydrogen (secondary N) is 1. The first-order valence-electron chi connectivity index (χ1n) is 5.46. The van der Waals surface area contributed by atoms with Gasteiger partial charge in [0.1, 0.15) is 0 Å². The van der Waals surface area contributed by atoms with Crippen molar-refractivity contribution in [3.63, 3.8) is 0 Å². The van der Waals surface area contributed by atoms with E-state index in [1.807, 2.05) is 0 Å². The van der Waals surface area contributed by atoms with Crippen LogP contribution in [0.25, 0.3) is 0 Å². The third kappa shape index (κ3) is 4.59. The summed E-state index contributed by atoms with van der Waals surface area (Å²) in [6.45, 7) is 1.76. The minimum atomic E-state index is -0.252. The number of carbonyl (C=O) groups is 2. The van der Waals surface area contributed by atoms with Crippen molar-refractivity contribution in [2.75, 3.05) is 18.9 Å². The quantitative estimate of drug-likeness (QED) is 0.851. The van der Waals surface area contributed by atoms with Crippen LogP contribution in [0.1, 0.15) is 6.92 Å². The van der Waals surface area contributed by atoms with Crippen molar-refractivity contribution in [3.8, 4) is 0 Å². The molecule has 18 heavy (non-hydrogen) atoms. The Balaban J connectivity index is 2.51. The van der Waals surface area contributed by atoms with Crippen LogP contribution < -0.4 is 5.32 Å². The number of nitrogens with zero attached hydrogens (tertiary/aromatic N) is 1. The van der Waals surface area contributed by atoms with Crippen LogP contribution in [0.5, 0.6) is 0 Å². The first-order valence-corrected chi connectivity index (χ1v) is 5.84. The minimum Gasteiger partial charge on any atom is -0.333 e. The zero-order valence-corrected chi connectivity index (χ0v) is 11.1. The molecule has 0 saturated heterocycles. The van der Waals surface area contributed by atoms with Gasteiger partial charge in [-0.1, -0.05) is 17.7 Å². The number of amides is 2. The standard InChI is InChI=1S/C13H15ClN2O2/c1-3-4-13(18)16(2)9-12(17)15-11-7-5-10(14)6-8-11/h3-8H,9H2,1-2H3,(H,15,17). The van der Waals surface area contributed by atoms with Gasteiger partial charge in [-0.2, -0.15) is 0 Å². The van der Waals surface area contributed by atoms with Crippen molar-refractivity contribution >= 4 is 29.1 Å². The van der Waals surface area contributed by atoms with Crippen molar-refractivity contribution < 1.29 is 9.59 Å². The Morgan fingerprint density at radius 1 is 1.33 bits per heavy atom. The summed E-state index contributed by atoms with van der Waals surface area (Å²) in [6.07, 6.45) is 3.05. The SMILES string of the molecule is CC=CC(=O)N(C)CC(=O)Nc1ccc(Cl)cc1. The molecule has 1 rings (SSSR count). The first kappa shape index (κ1) is 14.3. The van der Waals surface area contributed by atoms with Gasteiger partial charge in [-0.3, -0.25) is 9.59 Å². The molecule has 0 atom stereocenters. The summed E-state index contributed by atoms with van der Waals surface area (Å²) in [5.74, 6) is -0.457. The number of hydrogen-bond acceptors (Lipinski definition) is 2. The van der Waals surface area contributed by atoms with Crippen molar-refractivity contribution in [1.29, 1.82) is 0 Å². The second-order valence-corrected chi connectivity index (χ2v) is 4.19. The van der Waals surface area contributed by atoms with E-state index in [1.165, 1.54) is 11.0 Å². The molecule has 0 aliphatic rings. The van der Waals surface area contributed by atoms with Gasteiger partial charge >= 0.3 is 0 Å². The first-order chi connectivity index (χ1) is 8.52. The van der Waals surface area contributed by atoms with E-state index < -0.39 is 0 Å². The predicted molar refractivity (Wildman–Crippen MR) is 72.5 cm³/mol. The van der Waals surface area contributed by atoms with E-state index >= 15 is 0 Å². The van der Waals surface area contributed by atoms with Crippen LogP contribution >= 0.6 is 11.6 Å². The molecule has 0 fully saturated rings. The van der Waals surface area contributed by atoms with Gasteiger partial charge in [-0.15, -0.1) is 0 Å². The summed E-state index contributed by atoms with van der Waals surface area (Å²) >= 11 is 5.74. The topological polar surface area (TPSA) is 49.4 Å². The average Bonchev–Trinajstić information content (AvgIpc) is 2.32. The predicted octanol–water partition coefficient (Wildman–Crippen LogP) is 2.31. The number of likely N-dealkylation sites (N-methyl/N-ethyl adjacent to an activating group) is 1. The van der Waals surface area contributed by atoms with E-state index in [0.717, 1.165) is 0 Å². The maximum absolute atomic E-state index is 11.7. The lowest BCUT2D eigenvalue weighted by Gasteiger charge is -2.14. The van der Waals surface area contributed by atoms with E-state index in [9.17, 15) is 9.59 Å². The number of rotatable bonds is 4. The summed E-state index contributed by atoms with van der Waals surface area (Å²) in [5.41, 5.74) is 0.649. The van der Waals surface area contributed by atoms with Crippen molar-refractivity contribution in [3.05, 3.63) is 41.4 Å². The molecule has 5 heteroatoms. The lowest BCUT2D eigenvalue weighted by molar-refractivity contribution is -0.129. The molecule has 0 aliphatic carbocycles. The van der Waals surface area contributed by atoms with Gasteiger partial charge in [0.25, 0.3) is 0 Å². The Kier molecular flexibility index (Phi) is 5.39. The maximum atomic E-state index is 11.7. The van der Waals surface area contributed by atoms with E-state index in [2.05, 4.69) is 5.32 Å². The van der Waals surface area contributed by atoms with Gasteiger partial charge in [0.2, 0.25) is 11.8 Å². The highest BCUT2D eigenvalue weighted by molar-refractivity contribution is 6.30. The van der Waals surface area contributed by atoms with E-state index in [1.54, 1.807) is 44.3 Å². The zero-order chi connectivity index (χ0) is 13.5. The summed E-state index contributed by atoms with van der Waals surface area (Å²) in [6, 6.07) is 6.78. The highest BCUT2D eigenvalue weighted by atomic mass is 35.5. The lowest BCUT2D eigenvalue weighted by atomic mass is 10.3. The Labute approximate surface area is 111 Å². The van der Waals surface area contributed by atoms with Crippen LogP contribution in [0.15, 0.2) is 36.4 Å². The van der Waals surface area contributed by atoms with Crippen LogP contribution in [0, 0.1) is 0 Å². The number of carbonyl (C=O) groups excluding carboxylic acids is 2. The number of allylic oxidation sites excluding steroid dienone is 1. The fourth-order valence-corrected chi connectivity index (χ4v) is 1.42. The van der Waals surface area contributed by atoms with Crippen LogP contribution in [-0.2, 0) is 9.59 Å². The smallest absolute Gasteiger partial charge is 0.246 e. The van der Waals surface area contributed by atoms with Crippen LogP contribution in [0.2, 0.25) is 5.02 Å². The third-order valence-corrected chi connectivity index (χ3v) is 2.45. The number of benzene rings is 1. The number of anilines is 1. The van der Waals surface area contributed by atoms with Crippen molar-refractivity contribution in [2.24, 2.45) is 0 Å². The molecule has 2 amide bonds. The molecule has 1 aromatic carbocycles. The average molecular weight is 267 g/mol. The second-order valence-electron chi connectivity index (χ2n) is 3.75. The van der Waals surface area contributed by atoms with E-state index in [4.69, 9.17) is 11.6 Å². The Morgan fingerprint density at radius 2 is 1.94 bits per heavy atom. The molecule has 0 saturated carbocycles. The Bertz CT molecular complexity index is 455. The highest BCUT2D eigenvalue weighted by Crippen LogP contribution is 2.13. The van der Waals surface area contributed by atoms with Crippen LogP contribution in [0.4, 0.5) is 5.69 Å². The molecule has 0 bridgehead atoms. The largest absolute Gasteiger partial charge is 0.333 e.